The number of amides is 2. The molecule has 2 amide bonds. The Bertz CT molecular complexity index is 856. The molecule has 0 saturated carbocycles. The number of carbonyl (C=O) groups is 2. The summed E-state index contributed by atoms with van der Waals surface area (Å²) in [4.78, 5) is 24.1. The summed E-state index contributed by atoms with van der Waals surface area (Å²) in [5, 5.41) is 9.04. The minimum atomic E-state index is -0.346. The third-order valence-electron chi connectivity index (χ3n) is 3.82. The van der Waals surface area contributed by atoms with Crippen molar-refractivity contribution in [1.29, 1.82) is 0 Å². The SMILES string of the molecule is CCCCC(=O)Nc1ccc(NC(=S)NC(=O)c2ccc(Cl)cc2)cc1OC. The van der Waals surface area contributed by atoms with Crippen LogP contribution >= 0.6 is 23.8 Å². The van der Waals surface area contributed by atoms with Gasteiger partial charge in [0.2, 0.25) is 5.91 Å². The zero-order valence-corrected chi connectivity index (χ0v) is 17.2. The van der Waals surface area contributed by atoms with Crippen molar-refractivity contribution in [3.8, 4) is 5.75 Å². The Hall–Kier alpha value is -2.64. The number of methoxy groups -OCH3 is 1. The van der Waals surface area contributed by atoms with Gasteiger partial charge in [0.15, 0.2) is 5.11 Å². The maximum Gasteiger partial charge on any atom is 0.257 e. The number of hydrogen-bond donors (Lipinski definition) is 3. The molecule has 0 radical (unpaired) electrons. The molecule has 148 valence electrons. The molecule has 0 aliphatic heterocycles. The Kier molecular flexibility index (Phi) is 8.22. The third-order valence-corrected chi connectivity index (χ3v) is 4.28. The number of halogens is 1. The van der Waals surface area contributed by atoms with Gasteiger partial charge >= 0.3 is 0 Å². The van der Waals surface area contributed by atoms with Gasteiger partial charge in [0.05, 0.1) is 12.8 Å². The first kappa shape index (κ1) is 21.7. The summed E-state index contributed by atoms with van der Waals surface area (Å²) < 4.78 is 5.34. The van der Waals surface area contributed by atoms with E-state index in [2.05, 4.69) is 16.0 Å². The van der Waals surface area contributed by atoms with Crippen LogP contribution in [0.4, 0.5) is 11.4 Å². The molecule has 0 fully saturated rings. The molecule has 28 heavy (non-hydrogen) atoms. The van der Waals surface area contributed by atoms with E-state index in [1.807, 2.05) is 6.92 Å². The Balaban J connectivity index is 1.99. The minimum absolute atomic E-state index is 0.0633. The van der Waals surface area contributed by atoms with Crippen molar-refractivity contribution in [2.24, 2.45) is 0 Å². The van der Waals surface area contributed by atoms with Crippen LogP contribution in [0.5, 0.6) is 5.75 Å². The zero-order valence-electron chi connectivity index (χ0n) is 15.7. The Labute approximate surface area is 174 Å². The van der Waals surface area contributed by atoms with Crippen molar-refractivity contribution in [3.63, 3.8) is 0 Å². The molecule has 3 N–H and O–H groups in total. The molecule has 6 nitrogen and oxygen atoms in total. The number of rotatable bonds is 7. The highest BCUT2D eigenvalue weighted by molar-refractivity contribution is 7.80. The standard InChI is InChI=1S/C20H22ClN3O3S/c1-3-4-5-18(25)23-16-11-10-15(12-17(16)27-2)22-20(28)24-19(26)13-6-8-14(21)9-7-13/h6-12H,3-5H2,1-2H3,(H,23,25)(H2,22,24,26,28). The topological polar surface area (TPSA) is 79.5 Å². The summed E-state index contributed by atoms with van der Waals surface area (Å²) in [6.07, 6.45) is 2.24. The summed E-state index contributed by atoms with van der Waals surface area (Å²) in [5.41, 5.74) is 1.63. The minimum Gasteiger partial charge on any atom is -0.494 e. The highest BCUT2D eigenvalue weighted by Gasteiger charge is 2.11. The van der Waals surface area contributed by atoms with E-state index in [0.29, 0.717) is 34.1 Å². The molecule has 0 heterocycles. The van der Waals surface area contributed by atoms with Crippen LogP contribution < -0.4 is 20.7 Å². The molecule has 0 spiro atoms. The van der Waals surface area contributed by atoms with E-state index in [-0.39, 0.29) is 16.9 Å². The van der Waals surface area contributed by atoms with Crippen LogP contribution in [0.15, 0.2) is 42.5 Å². The number of benzene rings is 2. The lowest BCUT2D eigenvalue weighted by atomic mass is 10.2. The second-order valence-electron chi connectivity index (χ2n) is 5.98. The van der Waals surface area contributed by atoms with Crippen LogP contribution in [-0.4, -0.2) is 24.0 Å². The molecule has 0 aliphatic rings. The van der Waals surface area contributed by atoms with E-state index in [9.17, 15) is 9.59 Å². The van der Waals surface area contributed by atoms with Crippen molar-refractivity contribution in [3.05, 3.63) is 53.1 Å². The first-order chi connectivity index (χ1) is 13.4. The summed E-state index contributed by atoms with van der Waals surface area (Å²) in [6.45, 7) is 2.03. The fourth-order valence-electron chi connectivity index (χ4n) is 2.36. The lowest BCUT2D eigenvalue weighted by Crippen LogP contribution is -2.34. The average molecular weight is 420 g/mol. The highest BCUT2D eigenvalue weighted by Crippen LogP contribution is 2.28. The normalized spacial score (nSPS) is 10.1. The smallest absolute Gasteiger partial charge is 0.257 e. The molecule has 0 atom stereocenters. The average Bonchev–Trinajstić information content (AvgIpc) is 2.67. The van der Waals surface area contributed by atoms with Gasteiger partial charge in [0, 0.05) is 28.8 Å². The van der Waals surface area contributed by atoms with Crippen molar-refractivity contribution in [2.45, 2.75) is 26.2 Å². The molecule has 2 rings (SSSR count). The van der Waals surface area contributed by atoms with Crippen LogP contribution in [0.3, 0.4) is 0 Å². The Morgan fingerprint density at radius 1 is 1.11 bits per heavy atom. The molecule has 0 aliphatic carbocycles. The van der Waals surface area contributed by atoms with Gasteiger partial charge in [-0.25, -0.2) is 0 Å². The number of hydrogen-bond acceptors (Lipinski definition) is 4. The van der Waals surface area contributed by atoms with Gasteiger partial charge in [-0.05, 0) is 55.0 Å². The van der Waals surface area contributed by atoms with Gasteiger partial charge in [-0.15, -0.1) is 0 Å². The molecule has 0 bridgehead atoms. The summed E-state index contributed by atoms with van der Waals surface area (Å²) in [7, 11) is 1.52. The Morgan fingerprint density at radius 3 is 2.46 bits per heavy atom. The number of ether oxygens (including phenoxy) is 1. The van der Waals surface area contributed by atoms with E-state index < -0.39 is 0 Å². The summed E-state index contributed by atoms with van der Waals surface area (Å²) in [5.74, 6) is 0.0780. The predicted octanol–water partition coefficient (Wildman–Crippen LogP) is 4.60. The molecular weight excluding hydrogens is 398 g/mol. The lowest BCUT2D eigenvalue weighted by Gasteiger charge is -2.14. The van der Waals surface area contributed by atoms with E-state index in [0.717, 1.165) is 12.8 Å². The van der Waals surface area contributed by atoms with E-state index >= 15 is 0 Å². The molecule has 2 aromatic carbocycles. The van der Waals surface area contributed by atoms with Gasteiger partial charge in [0.25, 0.3) is 5.91 Å². The molecule has 2 aromatic rings. The first-order valence-corrected chi connectivity index (χ1v) is 9.57. The van der Waals surface area contributed by atoms with Gasteiger partial charge in [-0.3, -0.25) is 14.9 Å². The van der Waals surface area contributed by atoms with Crippen LogP contribution in [0.25, 0.3) is 0 Å². The van der Waals surface area contributed by atoms with Crippen molar-refractivity contribution < 1.29 is 14.3 Å². The molecule has 0 unspecified atom stereocenters. The number of carbonyl (C=O) groups excluding carboxylic acids is 2. The maximum absolute atomic E-state index is 12.2. The van der Waals surface area contributed by atoms with Gasteiger partial charge < -0.3 is 15.4 Å². The van der Waals surface area contributed by atoms with Crippen LogP contribution in [0, 0.1) is 0 Å². The monoisotopic (exact) mass is 419 g/mol. The first-order valence-electron chi connectivity index (χ1n) is 8.78. The number of thiocarbonyl (C=S) groups is 1. The quantitative estimate of drug-likeness (QED) is 0.571. The molecule has 0 aromatic heterocycles. The van der Waals surface area contributed by atoms with E-state index in [1.54, 1.807) is 42.5 Å². The van der Waals surface area contributed by atoms with E-state index in [4.69, 9.17) is 28.6 Å². The fraction of sp³-hybridized carbons (Fsp3) is 0.250. The van der Waals surface area contributed by atoms with Crippen LogP contribution in [0.1, 0.15) is 36.5 Å². The van der Waals surface area contributed by atoms with Gasteiger partial charge in [0.1, 0.15) is 5.75 Å². The van der Waals surface area contributed by atoms with Gasteiger partial charge in [-0.1, -0.05) is 24.9 Å². The summed E-state index contributed by atoms with van der Waals surface area (Å²) >= 11 is 11.0. The van der Waals surface area contributed by atoms with Crippen molar-refractivity contribution >= 4 is 52.1 Å². The van der Waals surface area contributed by atoms with E-state index in [1.165, 1.54) is 7.11 Å². The fourth-order valence-corrected chi connectivity index (χ4v) is 2.70. The predicted molar refractivity (Wildman–Crippen MR) is 116 cm³/mol. The Morgan fingerprint density at radius 2 is 1.82 bits per heavy atom. The third kappa shape index (κ3) is 6.51. The summed E-state index contributed by atoms with van der Waals surface area (Å²) in [6, 6.07) is 11.6. The van der Waals surface area contributed by atoms with Crippen molar-refractivity contribution in [1.82, 2.24) is 5.32 Å². The number of anilines is 2. The second-order valence-corrected chi connectivity index (χ2v) is 6.83. The maximum atomic E-state index is 12.2. The van der Waals surface area contributed by atoms with Gasteiger partial charge in [-0.2, -0.15) is 0 Å². The highest BCUT2D eigenvalue weighted by atomic mass is 35.5. The molecule has 0 saturated heterocycles. The lowest BCUT2D eigenvalue weighted by molar-refractivity contribution is -0.116. The number of unbranched alkanes of at least 4 members (excludes halogenated alkanes) is 1. The zero-order chi connectivity index (χ0) is 20.5. The molecular formula is C20H22ClN3O3S. The van der Waals surface area contributed by atoms with Crippen LogP contribution in [0.2, 0.25) is 5.02 Å². The van der Waals surface area contributed by atoms with Crippen LogP contribution in [-0.2, 0) is 4.79 Å². The van der Waals surface area contributed by atoms with Crippen molar-refractivity contribution in [2.75, 3.05) is 17.7 Å². The number of nitrogens with one attached hydrogen (secondary N) is 3. The second kappa shape index (κ2) is 10.6. The molecule has 8 heteroatoms. The largest absolute Gasteiger partial charge is 0.494 e.